The van der Waals surface area contributed by atoms with Crippen molar-refractivity contribution in [2.24, 2.45) is 5.10 Å². The zero-order valence-corrected chi connectivity index (χ0v) is 16.2. The molecule has 28 heavy (non-hydrogen) atoms. The molecule has 9 nitrogen and oxygen atoms in total. The number of benzene rings is 1. The predicted molar refractivity (Wildman–Crippen MR) is 109 cm³/mol. The molecule has 1 amide bonds. The third-order valence-corrected chi connectivity index (χ3v) is 4.38. The summed E-state index contributed by atoms with van der Waals surface area (Å²) in [6.45, 7) is 1.84. The molecule has 0 fully saturated rings. The van der Waals surface area contributed by atoms with Gasteiger partial charge in [-0.2, -0.15) is 10.1 Å². The highest BCUT2D eigenvalue weighted by atomic mass is 32.2. The van der Waals surface area contributed by atoms with Crippen molar-refractivity contribution in [2.45, 2.75) is 12.1 Å². The Morgan fingerprint density at radius 2 is 2.07 bits per heavy atom. The number of pyridine rings is 1. The van der Waals surface area contributed by atoms with Gasteiger partial charge in [-0.15, -0.1) is 5.10 Å². The molecule has 10 heteroatoms. The summed E-state index contributed by atoms with van der Waals surface area (Å²) in [6.07, 6.45) is 1.70. The molecule has 0 spiro atoms. The number of hydrogen-bond acceptors (Lipinski definition) is 8. The third kappa shape index (κ3) is 5.55. The molecule has 0 radical (unpaired) electrons. The number of methoxy groups -OCH3 is 1. The van der Waals surface area contributed by atoms with Gasteiger partial charge in [0.05, 0.1) is 24.3 Å². The van der Waals surface area contributed by atoms with Crippen molar-refractivity contribution >= 4 is 35.0 Å². The van der Waals surface area contributed by atoms with E-state index in [0.29, 0.717) is 22.5 Å². The van der Waals surface area contributed by atoms with E-state index in [1.165, 1.54) is 11.8 Å². The van der Waals surface area contributed by atoms with E-state index in [1.807, 2.05) is 25.1 Å². The number of amides is 1. The van der Waals surface area contributed by atoms with E-state index >= 15 is 0 Å². The Morgan fingerprint density at radius 3 is 2.79 bits per heavy atom. The average molecular weight is 397 g/mol. The quantitative estimate of drug-likeness (QED) is 0.304. The Hall–Kier alpha value is -3.40. The fourth-order valence-corrected chi connectivity index (χ4v) is 2.73. The second-order valence-corrected chi connectivity index (χ2v) is 6.50. The topological polar surface area (TPSA) is 117 Å². The first kappa shape index (κ1) is 19.4. The fraction of sp³-hybridized carbons (Fsp3) is 0.167. The number of aromatic amines is 1. The number of H-pyrrole nitrogens is 1. The second-order valence-electron chi connectivity index (χ2n) is 5.56. The maximum atomic E-state index is 12.0. The van der Waals surface area contributed by atoms with Crippen LogP contribution in [0.3, 0.4) is 0 Å². The van der Waals surface area contributed by atoms with Crippen molar-refractivity contribution in [3.05, 3.63) is 54.4 Å². The number of carbonyl (C=O) groups is 1. The molecule has 0 saturated heterocycles. The lowest BCUT2D eigenvalue weighted by molar-refractivity contribution is -0.113. The van der Waals surface area contributed by atoms with Gasteiger partial charge in [0.1, 0.15) is 5.75 Å². The number of aromatic nitrogens is 4. The summed E-state index contributed by atoms with van der Waals surface area (Å²) in [5.74, 6) is 1.14. The average Bonchev–Trinajstić information content (AvgIpc) is 3.19. The van der Waals surface area contributed by atoms with Gasteiger partial charge in [0.2, 0.25) is 17.0 Å². The van der Waals surface area contributed by atoms with Crippen LogP contribution in [0.5, 0.6) is 5.75 Å². The number of nitrogens with one attached hydrogen (secondary N) is 3. The third-order valence-electron chi connectivity index (χ3n) is 3.54. The summed E-state index contributed by atoms with van der Waals surface area (Å²) in [5, 5.41) is 14.2. The Morgan fingerprint density at radius 1 is 1.25 bits per heavy atom. The highest BCUT2D eigenvalue weighted by Crippen LogP contribution is 2.17. The summed E-state index contributed by atoms with van der Waals surface area (Å²) in [4.78, 5) is 20.5. The highest BCUT2D eigenvalue weighted by molar-refractivity contribution is 7.99. The molecular weight excluding hydrogens is 378 g/mol. The summed E-state index contributed by atoms with van der Waals surface area (Å²) in [5.41, 5.74) is 4.97. The Labute approximate surface area is 166 Å². The maximum absolute atomic E-state index is 12.0. The molecular formula is C18H19N7O2S. The number of ether oxygens (including phenoxy) is 1. The minimum absolute atomic E-state index is 0.154. The zero-order valence-electron chi connectivity index (χ0n) is 15.3. The van der Waals surface area contributed by atoms with Crippen LogP contribution in [-0.4, -0.2) is 44.6 Å². The summed E-state index contributed by atoms with van der Waals surface area (Å²) >= 11 is 1.22. The SMILES string of the molecule is COc1ccc(NC(=O)CSc2n[nH]c(N/N=C(\C)c3ccccn3)n2)cc1. The van der Waals surface area contributed by atoms with Crippen molar-refractivity contribution in [1.82, 2.24) is 20.2 Å². The monoisotopic (exact) mass is 397 g/mol. The van der Waals surface area contributed by atoms with Gasteiger partial charge < -0.3 is 10.1 Å². The maximum Gasteiger partial charge on any atom is 0.240 e. The Bertz CT molecular complexity index is 942. The van der Waals surface area contributed by atoms with E-state index < -0.39 is 0 Å². The zero-order chi connectivity index (χ0) is 19.8. The molecule has 0 aliphatic heterocycles. The van der Waals surface area contributed by atoms with Gasteiger partial charge in [-0.3, -0.25) is 9.78 Å². The van der Waals surface area contributed by atoms with Crippen LogP contribution in [0.2, 0.25) is 0 Å². The molecule has 3 aromatic rings. The molecule has 144 valence electrons. The first-order chi connectivity index (χ1) is 13.6. The van der Waals surface area contributed by atoms with Crippen LogP contribution >= 0.6 is 11.8 Å². The van der Waals surface area contributed by atoms with Gasteiger partial charge >= 0.3 is 0 Å². The van der Waals surface area contributed by atoms with Crippen molar-refractivity contribution < 1.29 is 9.53 Å². The van der Waals surface area contributed by atoms with Crippen molar-refractivity contribution in [1.29, 1.82) is 0 Å². The number of thioether (sulfide) groups is 1. The molecule has 0 saturated carbocycles. The number of hydrogen-bond donors (Lipinski definition) is 3. The standard InChI is InChI=1S/C18H19N7O2S/c1-12(15-5-3-4-10-19-15)22-23-17-21-18(25-24-17)28-11-16(26)20-13-6-8-14(27-2)9-7-13/h3-10H,11H2,1-2H3,(H,20,26)(H2,21,23,24,25)/b22-12+. The summed E-state index contributed by atoms with van der Waals surface area (Å²) < 4.78 is 5.09. The second kappa shape index (κ2) is 9.51. The van der Waals surface area contributed by atoms with E-state index in [-0.39, 0.29) is 11.7 Å². The van der Waals surface area contributed by atoms with Gasteiger partial charge in [0.25, 0.3) is 0 Å². The highest BCUT2D eigenvalue weighted by Gasteiger charge is 2.08. The molecule has 0 atom stereocenters. The molecule has 0 bridgehead atoms. The number of nitrogens with zero attached hydrogens (tertiary/aromatic N) is 4. The number of carbonyl (C=O) groups excluding carboxylic acids is 1. The first-order valence-corrected chi connectivity index (χ1v) is 9.33. The lowest BCUT2D eigenvalue weighted by Gasteiger charge is -2.05. The predicted octanol–water partition coefficient (Wildman–Crippen LogP) is 2.78. The van der Waals surface area contributed by atoms with Crippen LogP contribution in [0.4, 0.5) is 11.6 Å². The van der Waals surface area contributed by atoms with E-state index in [2.05, 4.69) is 36.0 Å². The van der Waals surface area contributed by atoms with Crippen LogP contribution in [-0.2, 0) is 4.79 Å². The summed E-state index contributed by atoms with van der Waals surface area (Å²) in [7, 11) is 1.59. The van der Waals surface area contributed by atoms with Crippen LogP contribution < -0.4 is 15.5 Å². The van der Waals surface area contributed by atoms with Crippen LogP contribution in [0, 0.1) is 0 Å². The minimum atomic E-state index is -0.154. The lowest BCUT2D eigenvalue weighted by Crippen LogP contribution is -2.14. The van der Waals surface area contributed by atoms with Crippen LogP contribution in [0.15, 0.2) is 58.9 Å². The molecule has 3 rings (SSSR count). The van der Waals surface area contributed by atoms with Crippen molar-refractivity contribution in [3.8, 4) is 5.75 Å². The van der Waals surface area contributed by atoms with Crippen molar-refractivity contribution in [2.75, 3.05) is 23.6 Å². The van der Waals surface area contributed by atoms with Gasteiger partial charge in [-0.05, 0) is 43.3 Å². The van der Waals surface area contributed by atoms with Crippen molar-refractivity contribution in [3.63, 3.8) is 0 Å². The number of anilines is 2. The number of hydrazone groups is 1. The fourth-order valence-electron chi connectivity index (χ4n) is 2.13. The normalized spacial score (nSPS) is 11.1. The molecule has 0 aliphatic carbocycles. The Kier molecular flexibility index (Phi) is 6.58. The largest absolute Gasteiger partial charge is 0.497 e. The van der Waals surface area contributed by atoms with E-state index in [1.54, 1.807) is 37.6 Å². The molecule has 0 aliphatic rings. The van der Waals surface area contributed by atoms with E-state index in [4.69, 9.17) is 4.74 Å². The van der Waals surface area contributed by atoms with Crippen LogP contribution in [0.1, 0.15) is 12.6 Å². The van der Waals surface area contributed by atoms with Gasteiger partial charge in [-0.1, -0.05) is 17.8 Å². The van der Waals surface area contributed by atoms with E-state index in [0.717, 1.165) is 11.4 Å². The van der Waals surface area contributed by atoms with Crippen LogP contribution in [0.25, 0.3) is 0 Å². The lowest BCUT2D eigenvalue weighted by atomic mass is 10.3. The molecule has 3 N–H and O–H groups in total. The Balaban J connectivity index is 1.48. The molecule has 1 aromatic carbocycles. The smallest absolute Gasteiger partial charge is 0.240 e. The van der Waals surface area contributed by atoms with E-state index in [9.17, 15) is 4.79 Å². The number of rotatable bonds is 8. The van der Waals surface area contributed by atoms with Gasteiger partial charge in [0.15, 0.2) is 0 Å². The van der Waals surface area contributed by atoms with Gasteiger partial charge in [0, 0.05) is 11.9 Å². The van der Waals surface area contributed by atoms with Gasteiger partial charge in [-0.25, -0.2) is 10.5 Å². The summed E-state index contributed by atoms with van der Waals surface area (Å²) in [6, 6.07) is 12.7. The minimum Gasteiger partial charge on any atom is -0.497 e. The molecule has 2 heterocycles. The molecule has 2 aromatic heterocycles. The first-order valence-electron chi connectivity index (χ1n) is 8.35. The molecule has 0 unspecified atom stereocenters.